The number of ether oxygens (including phenoxy) is 1. The van der Waals surface area contributed by atoms with Crippen molar-refractivity contribution in [1.82, 2.24) is 4.68 Å². The molecule has 9 heteroatoms. The molecule has 3 amide bonds. The van der Waals surface area contributed by atoms with Crippen LogP contribution in [0.25, 0.3) is 10.9 Å². The van der Waals surface area contributed by atoms with Gasteiger partial charge in [-0.05, 0) is 74.0 Å². The summed E-state index contributed by atoms with van der Waals surface area (Å²) in [5.41, 5.74) is 5.25. The van der Waals surface area contributed by atoms with Gasteiger partial charge in [0.05, 0.1) is 12.1 Å². The first-order valence-corrected chi connectivity index (χ1v) is 12.3. The molecule has 4 aromatic rings. The first-order chi connectivity index (χ1) is 17.8. The van der Waals surface area contributed by atoms with Gasteiger partial charge in [-0.1, -0.05) is 42.6 Å². The zero-order valence-electron chi connectivity index (χ0n) is 20.5. The molecule has 0 radical (unpaired) electrons. The standard InChI is InChI=1S/C28H27ClN4O4/c1-3-4-15-37-23-12-10-22(11-13-23)31-27(35)28(36)32-33-24-14-7-20(29)16-19(24)17-25(33)26(34)30-21-8-5-18(2)6-9-21/h5-14,16-17H,3-4,15H2,1-2H3,(H,30,34)(H,31,35)(H,32,36). The van der Waals surface area contributed by atoms with Crippen LogP contribution in [0.2, 0.25) is 5.02 Å². The number of nitrogens with zero attached hydrogens (tertiary/aromatic N) is 1. The van der Waals surface area contributed by atoms with Gasteiger partial charge in [0.15, 0.2) is 0 Å². The predicted molar refractivity (Wildman–Crippen MR) is 146 cm³/mol. The van der Waals surface area contributed by atoms with Crippen molar-refractivity contribution in [3.05, 3.63) is 89.1 Å². The number of rotatable bonds is 8. The molecule has 4 rings (SSSR count). The number of halogens is 1. The first-order valence-electron chi connectivity index (χ1n) is 11.9. The molecule has 0 aliphatic carbocycles. The van der Waals surface area contributed by atoms with Crippen molar-refractivity contribution in [3.63, 3.8) is 0 Å². The van der Waals surface area contributed by atoms with Crippen LogP contribution in [0.15, 0.2) is 72.8 Å². The normalized spacial score (nSPS) is 10.7. The van der Waals surface area contributed by atoms with E-state index in [1.165, 1.54) is 4.68 Å². The monoisotopic (exact) mass is 518 g/mol. The van der Waals surface area contributed by atoms with Crippen LogP contribution in [0.3, 0.4) is 0 Å². The molecule has 8 nitrogen and oxygen atoms in total. The lowest BCUT2D eigenvalue weighted by atomic mass is 10.2. The molecule has 3 N–H and O–H groups in total. The number of carbonyl (C=O) groups is 3. The Morgan fingerprint density at radius 3 is 2.24 bits per heavy atom. The molecular formula is C28H27ClN4O4. The summed E-state index contributed by atoms with van der Waals surface area (Å²) < 4.78 is 6.89. The van der Waals surface area contributed by atoms with Crippen LogP contribution in [-0.4, -0.2) is 29.0 Å². The third kappa shape index (κ3) is 6.48. The average Bonchev–Trinajstić information content (AvgIpc) is 3.23. The number of amides is 3. The number of aromatic nitrogens is 1. The minimum absolute atomic E-state index is 0.132. The maximum absolute atomic E-state index is 13.1. The molecule has 1 aromatic heterocycles. The van der Waals surface area contributed by atoms with Gasteiger partial charge in [0.25, 0.3) is 5.91 Å². The second-order valence-electron chi connectivity index (χ2n) is 8.51. The van der Waals surface area contributed by atoms with Gasteiger partial charge in [-0.15, -0.1) is 0 Å². The van der Waals surface area contributed by atoms with Crippen LogP contribution in [0.1, 0.15) is 35.8 Å². The first kappa shape index (κ1) is 25.8. The van der Waals surface area contributed by atoms with Crippen LogP contribution in [0, 0.1) is 6.92 Å². The smallest absolute Gasteiger partial charge is 0.328 e. The van der Waals surface area contributed by atoms with E-state index < -0.39 is 17.7 Å². The summed E-state index contributed by atoms with van der Waals surface area (Å²) in [7, 11) is 0. The van der Waals surface area contributed by atoms with Gasteiger partial charge < -0.3 is 15.4 Å². The van der Waals surface area contributed by atoms with Crippen LogP contribution in [0.5, 0.6) is 5.75 Å². The van der Waals surface area contributed by atoms with Crippen molar-refractivity contribution in [1.29, 1.82) is 0 Å². The van der Waals surface area contributed by atoms with Gasteiger partial charge >= 0.3 is 11.8 Å². The predicted octanol–water partition coefficient (Wildman–Crippen LogP) is 5.74. The van der Waals surface area contributed by atoms with Crippen molar-refractivity contribution >= 4 is 51.6 Å². The van der Waals surface area contributed by atoms with E-state index in [0.29, 0.717) is 39.7 Å². The van der Waals surface area contributed by atoms with Gasteiger partial charge in [0.1, 0.15) is 11.4 Å². The van der Waals surface area contributed by atoms with E-state index >= 15 is 0 Å². The van der Waals surface area contributed by atoms with Crippen molar-refractivity contribution in [2.45, 2.75) is 26.7 Å². The van der Waals surface area contributed by atoms with Gasteiger partial charge in [-0.3, -0.25) is 19.8 Å². The molecule has 0 saturated heterocycles. The fraction of sp³-hybridized carbons (Fsp3) is 0.179. The second kappa shape index (κ2) is 11.6. The average molecular weight is 519 g/mol. The summed E-state index contributed by atoms with van der Waals surface area (Å²) in [6, 6.07) is 20.6. The Bertz CT molecular complexity index is 1430. The summed E-state index contributed by atoms with van der Waals surface area (Å²) >= 11 is 6.13. The second-order valence-corrected chi connectivity index (χ2v) is 8.95. The Labute approximate surface area is 219 Å². The van der Waals surface area contributed by atoms with Crippen molar-refractivity contribution in [3.8, 4) is 5.75 Å². The maximum atomic E-state index is 13.1. The van der Waals surface area contributed by atoms with Gasteiger partial charge in [0, 0.05) is 21.8 Å². The third-order valence-corrected chi connectivity index (χ3v) is 5.84. The lowest BCUT2D eigenvalue weighted by Gasteiger charge is -2.13. The molecule has 0 aliphatic rings. The van der Waals surface area contributed by atoms with Crippen molar-refractivity contribution in [2.75, 3.05) is 22.7 Å². The zero-order chi connectivity index (χ0) is 26.4. The molecule has 0 aliphatic heterocycles. The maximum Gasteiger partial charge on any atom is 0.328 e. The molecule has 0 fully saturated rings. The van der Waals surface area contributed by atoms with Crippen molar-refractivity contribution < 1.29 is 19.1 Å². The lowest BCUT2D eigenvalue weighted by molar-refractivity contribution is -0.133. The SMILES string of the molecule is CCCCOc1ccc(NC(=O)C(=O)Nn2c(C(=O)Nc3ccc(C)cc3)cc3cc(Cl)ccc32)cc1. The van der Waals surface area contributed by atoms with E-state index in [9.17, 15) is 14.4 Å². The Morgan fingerprint density at radius 1 is 0.865 bits per heavy atom. The topological polar surface area (TPSA) is 101 Å². The molecule has 3 aromatic carbocycles. The number of nitrogens with one attached hydrogen (secondary N) is 3. The fourth-order valence-corrected chi connectivity index (χ4v) is 3.80. The number of fused-ring (bicyclic) bond motifs is 1. The molecular weight excluding hydrogens is 492 g/mol. The van der Waals surface area contributed by atoms with Gasteiger partial charge in [-0.25, -0.2) is 4.68 Å². The van der Waals surface area contributed by atoms with E-state index in [1.54, 1.807) is 60.7 Å². The minimum Gasteiger partial charge on any atom is -0.494 e. The van der Waals surface area contributed by atoms with E-state index in [1.807, 2.05) is 19.1 Å². The summed E-state index contributed by atoms with van der Waals surface area (Å²) in [6.07, 6.45) is 1.98. The number of hydrogen-bond donors (Lipinski definition) is 3. The summed E-state index contributed by atoms with van der Waals surface area (Å²) in [5, 5.41) is 6.47. The van der Waals surface area contributed by atoms with Gasteiger partial charge in [0.2, 0.25) is 0 Å². The number of unbranched alkanes of at least 4 members (excludes halogenated alkanes) is 1. The fourth-order valence-electron chi connectivity index (χ4n) is 3.61. The number of carbonyl (C=O) groups excluding carboxylic acids is 3. The lowest BCUT2D eigenvalue weighted by Crippen LogP contribution is -2.36. The molecule has 0 spiro atoms. The highest BCUT2D eigenvalue weighted by atomic mass is 35.5. The molecule has 0 saturated carbocycles. The van der Waals surface area contributed by atoms with Crippen molar-refractivity contribution in [2.24, 2.45) is 0 Å². The Morgan fingerprint density at radius 2 is 1.54 bits per heavy atom. The molecule has 1 heterocycles. The minimum atomic E-state index is -0.944. The highest BCUT2D eigenvalue weighted by Gasteiger charge is 2.21. The molecule has 190 valence electrons. The number of benzene rings is 3. The van der Waals surface area contributed by atoms with Gasteiger partial charge in [-0.2, -0.15) is 0 Å². The molecule has 0 bridgehead atoms. The third-order valence-electron chi connectivity index (χ3n) is 5.60. The highest BCUT2D eigenvalue weighted by Crippen LogP contribution is 2.24. The summed E-state index contributed by atoms with van der Waals surface area (Å²) in [4.78, 5) is 38.6. The number of anilines is 2. The largest absolute Gasteiger partial charge is 0.494 e. The van der Waals surface area contributed by atoms with Crippen LogP contribution in [0.4, 0.5) is 11.4 Å². The highest BCUT2D eigenvalue weighted by molar-refractivity contribution is 6.42. The summed E-state index contributed by atoms with van der Waals surface area (Å²) in [5.74, 6) is -1.62. The summed E-state index contributed by atoms with van der Waals surface area (Å²) in [6.45, 7) is 4.64. The Kier molecular flexibility index (Phi) is 8.10. The van der Waals surface area contributed by atoms with Crippen LogP contribution < -0.4 is 20.8 Å². The van der Waals surface area contributed by atoms with E-state index in [-0.39, 0.29) is 5.69 Å². The Balaban J connectivity index is 1.51. The Hall–Kier alpha value is -4.30. The van der Waals surface area contributed by atoms with Crippen LogP contribution in [-0.2, 0) is 9.59 Å². The quantitative estimate of drug-likeness (QED) is 0.204. The van der Waals surface area contributed by atoms with E-state index in [2.05, 4.69) is 23.0 Å². The number of hydrogen-bond acceptors (Lipinski definition) is 4. The molecule has 0 atom stereocenters. The number of aryl methyl sites for hydroxylation is 1. The van der Waals surface area contributed by atoms with Crippen LogP contribution >= 0.6 is 11.6 Å². The zero-order valence-corrected chi connectivity index (χ0v) is 21.3. The molecule has 0 unspecified atom stereocenters. The van der Waals surface area contributed by atoms with E-state index in [4.69, 9.17) is 16.3 Å². The van der Waals surface area contributed by atoms with E-state index in [0.717, 1.165) is 18.4 Å². The molecule has 37 heavy (non-hydrogen) atoms.